The summed E-state index contributed by atoms with van der Waals surface area (Å²) in [6.45, 7) is 6.90. The Kier molecular flexibility index (Phi) is 16.2. The topological polar surface area (TPSA) is 76.1 Å². The van der Waals surface area contributed by atoms with Crippen LogP contribution in [0.4, 0.5) is 4.79 Å². The zero-order valence-electron chi connectivity index (χ0n) is 19.9. The highest BCUT2D eigenvalue weighted by Gasteiger charge is 2.46. The summed E-state index contributed by atoms with van der Waals surface area (Å²) in [5, 5.41) is 10.1. The van der Waals surface area contributed by atoms with Gasteiger partial charge in [0.25, 0.3) is 0 Å². The molecular formula is C23H38NO5PS3. The molecule has 0 spiro atoms. The molecule has 0 aromatic heterocycles. The van der Waals surface area contributed by atoms with Crippen molar-refractivity contribution in [2.45, 2.75) is 69.5 Å². The minimum absolute atomic E-state index is 0.0794. The number of ether oxygens (including phenoxy) is 2. The third-order valence-corrected chi connectivity index (χ3v) is 12.0. The van der Waals surface area contributed by atoms with Crippen LogP contribution in [-0.2, 0) is 32.7 Å². The van der Waals surface area contributed by atoms with Crippen molar-refractivity contribution in [1.82, 2.24) is 4.90 Å². The molecular weight excluding hydrogens is 497 g/mol. The molecule has 0 heterocycles. The molecule has 2 atom stereocenters. The van der Waals surface area contributed by atoms with Crippen molar-refractivity contribution < 1.29 is 24.2 Å². The average Bonchev–Trinajstić information content (AvgIpc) is 2.82. The Bertz CT molecular complexity index is 701. The second-order valence-corrected chi connectivity index (χ2v) is 12.9. The molecule has 0 saturated carbocycles. The molecule has 1 amide bonds. The van der Waals surface area contributed by atoms with Gasteiger partial charge in [-0.15, -0.1) is 23.5 Å². The summed E-state index contributed by atoms with van der Waals surface area (Å²) >= 11 is 8.87. The lowest BCUT2D eigenvalue weighted by atomic mass is 10.2. The quantitative estimate of drug-likeness (QED) is 0.138. The summed E-state index contributed by atoms with van der Waals surface area (Å²) in [5.41, 5.74) is 0.848. The van der Waals surface area contributed by atoms with Crippen LogP contribution in [0.3, 0.4) is 0 Å². The van der Waals surface area contributed by atoms with Gasteiger partial charge in [-0.25, -0.2) is 9.59 Å². The van der Waals surface area contributed by atoms with E-state index in [4.69, 9.17) is 21.3 Å². The van der Waals surface area contributed by atoms with Gasteiger partial charge in [-0.2, -0.15) is 0 Å². The van der Waals surface area contributed by atoms with E-state index in [0.717, 1.165) is 42.8 Å². The fourth-order valence-electron chi connectivity index (χ4n) is 2.99. The first-order chi connectivity index (χ1) is 16.0. The van der Waals surface area contributed by atoms with Crippen molar-refractivity contribution in [2.24, 2.45) is 0 Å². The number of thioether (sulfide) groups is 2. The minimum atomic E-state index is -1.07. The predicted molar refractivity (Wildman–Crippen MR) is 146 cm³/mol. The molecule has 0 radical (unpaired) electrons. The lowest BCUT2D eigenvalue weighted by Crippen LogP contribution is -2.54. The monoisotopic (exact) mass is 535 g/mol. The van der Waals surface area contributed by atoms with Gasteiger partial charge in [-0.05, 0) is 44.2 Å². The molecule has 0 fully saturated rings. The summed E-state index contributed by atoms with van der Waals surface area (Å²) in [4.78, 5) is 27.3. The normalized spacial score (nSPS) is 12.7. The van der Waals surface area contributed by atoms with Crippen LogP contribution in [0.1, 0.15) is 58.4 Å². The van der Waals surface area contributed by atoms with Crippen LogP contribution in [0.25, 0.3) is 0 Å². The maximum Gasteiger partial charge on any atom is 0.412 e. The van der Waals surface area contributed by atoms with E-state index >= 15 is 0 Å². The van der Waals surface area contributed by atoms with E-state index in [2.05, 4.69) is 13.8 Å². The van der Waals surface area contributed by atoms with E-state index in [9.17, 15) is 14.7 Å². The number of rotatable bonds is 18. The molecule has 6 nitrogen and oxygen atoms in total. The van der Waals surface area contributed by atoms with Crippen LogP contribution in [0.5, 0.6) is 0 Å². The third kappa shape index (κ3) is 10.6. The number of carboxylic acids is 1. The molecule has 2 unspecified atom stereocenters. The number of aliphatic carboxylic acids is 1. The van der Waals surface area contributed by atoms with Crippen LogP contribution < -0.4 is 0 Å². The van der Waals surface area contributed by atoms with Crippen LogP contribution >= 0.6 is 30.9 Å². The van der Waals surface area contributed by atoms with Crippen LogP contribution in [0, 0.1) is 0 Å². The second-order valence-electron chi connectivity index (χ2n) is 7.40. The van der Waals surface area contributed by atoms with E-state index in [1.807, 2.05) is 37.3 Å². The van der Waals surface area contributed by atoms with Gasteiger partial charge in [-0.1, -0.05) is 68.8 Å². The Labute approximate surface area is 213 Å². The minimum Gasteiger partial charge on any atom is -0.480 e. The Balaban J connectivity index is 3.31. The third-order valence-electron chi connectivity index (χ3n) is 4.84. The predicted octanol–water partition coefficient (Wildman–Crippen LogP) is 6.06. The zero-order valence-corrected chi connectivity index (χ0v) is 23.5. The molecule has 188 valence electrons. The first-order valence-electron chi connectivity index (χ1n) is 11.5. The Morgan fingerprint density at radius 1 is 1.12 bits per heavy atom. The fourth-order valence-corrected chi connectivity index (χ4v) is 9.18. The first-order valence-corrected chi connectivity index (χ1v) is 15.9. The molecule has 1 rings (SSSR count). The van der Waals surface area contributed by atoms with Crippen molar-refractivity contribution >= 4 is 54.7 Å². The second kappa shape index (κ2) is 17.7. The van der Waals surface area contributed by atoms with Gasteiger partial charge in [0.15, 0.2) is 3.94 Å². The van der Waals surface area contributed by atoms with E-state index < -0.39 is 29.4 Å². The van der Waals surface area contributed by atoms with Gasteiger partial charge in [0.05, 0.1) is 0 Å². The smallest absolute Gasteiger partial charge is 0.412 e. The summed E-state index contributed by atoms with van der Waals surface area (Å²) in [7, 11) is -0.686. The molecule has 0 bridgehead atoms. The molecule has 10 heteroatoms. The standard InChI is InChI=1S/C23H38NO5PS3/c1-4-7-16-32-23(30-31,33-17-8-5-2)24(20(21(25)26)14-15-28-6-3)22(27)29-18-19-12-10-9-11-13-19/h9-13,20H,4-8,14-18,30H2,1-3H3,(H,25,26). The number of amides is 1. The number of hydrogen-bond acceptors (Lipinski definition) is 7. The van der Waals surface area contributed by atoms with Gasteiger partial charge in [-0.3, -0.25) is 4.90 Å². The molecule has 1 aromatic rings. The van der Waals surface area contributed by atoms with E-state index in [1.165, 1.54) is 4.90 Å². The van der Waals surface area contributed by atoms with Crippen molar-refractivity contribution in [2.75, 3.05) is 24.7 Å². The van der Waals surface area contributed by atoms with Crippen molar-refractivity contribution in [3.63, 3.8) is 0 Å². The van der Waals surface area contributed by atoms with E-state index in [-0.39, 0.29) is 19.6 Å². The zero-order chi connectivity index (χ0) is 24.5. The molecule has 0 aliphatic carbocycles. The van der Waals surface area contributed by atoms with Gasteiger partial charge in [0.2, 0.25) is 0 Å². The lowest BCUT2D eigenvalue weighted by Gasteiger charge is -2.43. The molecule has 0 saturated heterocycles. The Morgan fingerprint density at radius 2 is 1.73 bits per heavy atom. The number of carboxylic acid groups (broad SMARTS) is 1. The average molecular weight is 536 g/mol. The van der Waals surface area contributed by atoms with Crippen molar-refractivity contribution in [1.29, 1.82) is 0 Å². The number of nitrogens with zero attached hydrogens (tertiary/aromatic N) is 1. The molecule has 0 aliphatic rings. The van der Waals surface area contributed by atoms with Gasteiger partial charge < -0.3 is 14.6 Å². The summed E-state index contributed by atoms with van der Waals surface area (Å²) < 4.78 is 10.3. The largest absolute Gasteiger partial charge is 0.480 e. The highest BCUT2D eigenvalue weighted by atomic mass is 32.4. The Morgan fingerprint density at radius 3 is 2.21 bits per heavy atom. The number of carbonyl (C=O) groups is 2. The summed E-state index contributed by atoms with van der Waals surface area (Å²) in [6.07, 6.45) is 3.52. The maximum atomic E-state index is 13.5. The van der Waals surface area contributed by atoms with Gasteiger partial charge in [0.1, 0.15) is 12.6 Å². The molecule has 1 aromatic carbocycles. The van der Waals surface area contributed by atoms with E-state index in [0.29, 0.717) is 6.61 Å². The van der Waals surface area contributed by atoms with Crippen LogP contribution in [-0.4, -0.2) is 56.8 Å². The molecule has 33 heavy (non-hydrogen) atoms. The first kappa shape index (κ1) is 30.3. The van der Waals surface area contributed by atoms with Gasteiger partial charge in [0, 0.05) is 19.6 Å². The van der Waals surface area contributed by atoms with E-state index in [1.54, 1.807) is 23.5 Å². The van der Waals surface area contributed by atoms with Gasteiger partial charge >= 0.3 is 12.1 Å². The summed E-state index contributed by atoms with van der Waals surface area (Å²) in [6, 6.07) is 8.33. The highest BCUT2D eigenvalue weighted by molar-refractivity contribution is 8.27. The molecule has 1 N–H and O–H groups in total. The van der Waals surface area contributed by atoms with Crippen LogP contribution in [0.2, 0.25) is 0 Å². The van der Waals surface area contributed by atoms with Crippen molar-refractivity contribution in [3.05, 3.63) is 35.9 Å². The number of hydrogen-bond donors (Lipinski definition) is 1. The maximum absolute atomic E-state index is 13.5. The SMILES string of the molecule is CCCCSC([PH2]=S)(SCCCC)N(C(=O)OCc1ccccc1)C(CCOCC)C(=O)O. The van der Waals surface area contributed by atoms with Crippen molar-refractivity contribution in [3.8, 4) is 0 Å². The lowest BCUT2D eigenvalue weighted by molar-refractivity contribution is -0.143. The highest BCUT2D eigenvalue weighted by Crippen LogP contribution is 2.51. The summed E-state index contributed by atoms with van der Waals surface area (Å²) in [5.74, 6) is 0.546. The van der Waals surface area contributed by atoms with Crippen LogP contribution in [0.15, 0.2) is 30.3 Å². The Hall–Kier alpha value is -0.730. The number of unbranched alkanes of at least 4 members (excludes halogenated alkanes) is 2. The number of benzene rings is 1. The fraction of sp³-hybridized carbons (Fsp3) is 0.652. The molecule has 0 aliphatic heterocycles. The number of carbonyl (C=O) groups excluding carboxylic acids is 1.